The smallest absolute Gasteiger partial charge is 0.130 e. The molecule has 0 saturated heterocycles. The van der Waals surface area contributed by atoms with Gasteiger partial charge in [-0.2, -0.15) is 5.10 Å². The number of halogens is 1. The van der Waals surface area contributed by atoms with E-state index in [9.17, 15) is 0 Å². The second kappa shape index (κ2) is 6.99. The molecule has 0 spiro atoms. The average molecular weight is 307 g/mol. The van der Waals surface area contributed by atoms with Gasteiger partial charge in [0.05, 0.1) is 11.4 Å². The molecular formula is C17H23ClN2O. The molecule has 21 heavy (non-hydrogen) atoms. The lowest BCUT2D eigenvalue weighted by Gasteiger charge is -2.14. The van der Waals surface area contributed by atoms with Gasteiger partial charge in [0.2, 0.25) is 0 Å². The Bertz CT molecular complexity index is 596. The van der Waals surface area contributed by atoms with Crippen LogP contribution in [0.1, 0.15) is 41.9 Å². The fourth-order valence-corrected chi connectivity index (χ4v) is 2.72. The SMILES string of the molecule is CCc1cc(COc2c(C)cc(CCl)cc2C)n(CC)n1. The van der Waals surface area contributed by atoms with Crippen molar-refractivity contribution in [2.24, 2.45) is 0 Å². The van der Waals surface area contributed by atoms with E-state index in [0.717, 1.165) is 46.8 Å². The number of hydrogen-bond donors (Lipinski definition) is 0. The number of benzene rings is 1. The Hall–Kier alpha value is -1.48. The van der Waals surface area contributed by atoms with Crippen molar-refractivity contribution in [3.05, 3.63) is 46.3 Å². The summed E-state index contributed by atoms with van der Waals surface area (Å²) in [5.74, 6) is 1.48. The van der Waals surface area contributed by atoms with E-state index >= 15 is 0 Å². The van der Waals surface area contributed by atoms with Crippen molar-refractivity contribution in [2.45, 2.75) is 53.1 Å². The molecule has 3 nitrogen and oxygen atoms in total. The van der Waals surface area contributed by atoms with Gasteiger partial charge in [0.15, 0.2) is 0 Å². The van der Waals surface area contributed by atoms with Gasteiger partial charge in [-0.25, -0.2) is 0 Å². The molecule has 2 rings (SSSR count). The zero-order valence-electron chi connectivity index (χ0n) is 13.2. The van der Waals surface area contributed by atoms with Crippen LogP contribution in [-0.2, 0) is 25.5 Å². The van der Waals surface area contributed by atoms with Gasteiger partial charge >= 0.3 is 0 Å². The summed E-state index contributed by atoms with van der Waals surface area (Å²) in [6.45, 7) is 9.75. The number of hydrogen-bond acceptors (Lipinski definition) is 2. The molecular weight excluding hydrogens is 284 g/mol. The molecule has 2 aromatic rings. The first-order valence-electron chi connectivity index (χ1n) is 7.43. The Morgan fingerprint density at radius 2 is 1.81 bits per heavy atom. The third-order valence-electron chi connectivity index (χ3n) is 3.61. The van der Waals surface area contributed by atoms with Crippen LogP contribution in [0.15, 0.2) is 18.2 Å². The lowest BCUT2D eigenvalue weighted by Crippen LogP contribution is -2.07. The maximum Gasteiger partial charge on any atom is 0.130 e. The molecule has 0 radical (unpaired) electrons. The predicted molar refractivity (Wildman–Crippen MR) is 87.1 cm³/mol. The van der Waals surface area contributed by atoms with Crippen LogP contribution in [0, 0.1) is 13.8 Å². The number of alkyl halides is 1. The van der Waals surface area contributed by atoms with E-state index in [1.165, 1.54) is 0 Å². The number of nitrogens with zero attached hydrogens (tertiary/aromatic N) is 2. The predicted octanol–water partition coefficient (Wildman–Crippen LogP) is 4.40. The molecule has 0 unspecified atom stereocenters. The van der Waals surface area contributed by atoms with Crippen LogP contribution in [-0.4, -0.2) is 9.78 Å². The van der Waals surface area contributed by atoms with E-state index in [1.807, 2.05) is 4.68 Å². The lowest BCUT2D eigenvalue weighted by molar-refractivity contribution is 0.288. The summed E-state index contributed by atoms with van der Waals surface area (Å²) in [6, 6.07) is 6.30. The van der Waals surface area contributed by atoms with E-state index in [2.05, 4.69) is 51.0 Å². The fourth-order valence-electron chi connectivity index (χ4n) is 2.57. The minimum atomic E-state index is 0.532. The third-order valence-corrected chi connectivity index (χ3v) is 3.92. The first-order valence-corrected chi connectivity index (χ1v) is 7.96. The zero-order valence-corrected chi connectivity index (χ0v) is 14.0. The summed E-state index contributed by atoms with van der Waals surface area (Å²) in [6.07, 6.45) is 0.947. The number of ether oxygens (including phenoxy) is 1. The van der Waals surface area contributed by atoms with Gasteiger partial charge in [-0.1, -0.05) is 19.1 Å². The summed E-state index contributed by atoms with van der Waals surface area (Å²) in [5.41, 5.74) is 5.62. The highest BCUT2D eigenvalue weighted by Crippen LogP contribution is 2.26. The molecule has 0 amide bonds. The summed E-state index contributed by atoms with van der Waals surface area (Å²) in [7, 11) is 0. The Morgan fingerprint density at radius 1 is 1.14 bits per heavy atom. The number of aromatic nitrogens is 2. The molecule has 0 atom stereocenters. The minimum Gasteiger partial charge on any atom is -0.487 e. The van der Waals surface area contributed by atoms with Crippen molar-refractivity contribution in [3.8, 4) is 5.75 Å². The van der Waals surface area contributed by atoms with Crippen molar-refractivity contribution in [1.82, 2.24) is 9.78 Å². The van der Waals surface area contributed by atoms with Crippen molar-refractivity contribution in [2.75, 3.05) is 0 Å². The first kappa shape index (κ1) is 15.9. The van der Waals surface area contributed by atoms with Crippen molar-refractivity contribution in [3.63, 3.8) is 0 Å². The van der Waals surface area contributed by atoms with Crippen LogP contribution < -0.4 is 4.74 Å². The van der Waals surface area contributed by atoms with Crippen LogP contribution in [0.4, 0.5) is 0 Å². The fraction of sp³-hybridized carbons (Fsp3) is 0.471. The monoisotopic (exact) mass is 306 g/mol. The van der Waals surface area contributed by atoms with Gasteiger partial charge in [0, 0.05) is 12.4 Å². The Morgan fingerprint density at radius 3 is 2.33 bits per heavy atom. The van der Waals surface area contributed by atoms with Gasteiger partial charge in [0.1, 0.15) is 12.4 Å². The van der Waals surface area contributed by atoms with Gasteiger partial charge in [0.25, 0.3) is 0 Å². The van der Waals surface area contributed by atoms with Crippen LogP contribution in [0.5, 0.6) is 5.75 Å². The van der Waals surface area contributed by atoms with E-state index in [1.54, 1.807) is 0 Å². The molecule has 0 fully saturated rings. The van der Waals surface area contributed by atoms with E-state index in [0.29, 0.717) is 12.5 Å². The highest BCUT2D eigenvalue weighted by atomic mass is 35.5. The van der Waals surface area contributed by atoms with Gasteiger partial charge in [-0.05, 0) is 49.9 Å². The molecule has 1 heterocycles. The van der Waals surface area contributed by atoms with E-state index in [-0.39, 0.29) is 0 Å². The molecule has 0 aliphatic carbocycles. The average Bonchev–Trinajstić information content (AvgIpc) is 2.88. The molecule has 0 saturated carbocycles. The third kappa shape index (κ3) is 3.59. The summed E-state index contributed by atoms with van der Waals surface area (Å²) < 4.78 is 8.06. The Balaban J connectivity index is 2.18. The second-order valence-electron chi connectivity index (χ2n) is 5.28. The zero-order chi connectivity index (χ0) is 15.4. The van der Waals surface area contributed by atoms with Crippen molar-refractivity contribution >= 4 is 11.6 Å². The van der Waals surface area contributed by atoms with Gasteiger partial charge < -0.3 is 4.74 Å². The summed E-state index contributed by atoms with van der Waals surface area (Å²) >= 11 is 5.90. The highest BCUT2D eigenvalue weighted by molar-refractivity contribution is 6.17. The van der Waals surface area contributed by atoms with Crippen LogP contribution in [0.3, 0.4) is 0 Å². The van der Waals surface area contributed by atoms with Crippen molar-refractivity contribution in [1.29, 1.82) is 0 Å². The topological polar surface area (TPSA) is 27.1 Å². The molecule has 114 valence electrons. The minimum absolute atomic E-state index is 0.532. The molecule has 4 heteroatoms. The first-order chi connectivity index (χ1) is 10.1. The van der Waals surface area contributed by atoms with Gasteiger partial charge in [-0.15, -0.1) is 11.6 Å². The van der Waals surface area contributed by atoms with E-state index in [4.69, 9.17) is 16.3 Å². The molecule has 1 aromatic heterocycles. The maximum absolute atomic E-state index is 6.05. The molecule has 0 aliphatic heterocycles. The molecule has 0 N–H and O–H groups in total. The number of aryl methyl sites for hydroxylation is 4. The van der Waals surface area contributed by atoms with Crippen LogP contribution in [0.2, 0.25) is 0 Å². The Labute approximate surface area is 131 Å². The lowest BCUT2D eigenvalue weighted by atomic mass is 10.1. The van der Waals surface area contributed by atoms with Gasteiger partial charge in [-0.3, -0.25) is 4.68 Å². The standard InChI is InChI=1S/C17H23ClN2O/c1-5-15-9-16(20(6-2)19-15)11-21-17-12(3)7-14(10-18)8-13(17)4/h7-9H,5-6,10-11H2,1-4H3. The van der Waals surface area contributed by atoms with Crippen LogP contribution in [0.25, 0.3) is 0 Å². The quantitative estimate of drug-likeness (QED) is 0.740. The molecule has 0 aliphatic rings. The summed E-state index contributed by atoms with van der Waals surface area (Å²) in [5, 5.41) is 4.55. The van der Waals surface area contributed by atoms with Crippen LogP contribution >= 0.6 is 11.6 Å². The maximum atomic E-state index is 6.05. The van der Waals surface area contributed by atoms with E-state index < -0.39 is 0 Å². The molecule has 1 aromatic carbocycles. The normalized spacial score (nSPS) is 10.9. The number of rotatable bonds is 6. The molecule has 0 bridgehead atoms. The Kier molecular flexibility index (Phi) is 5.29. The van der Waals surface area contributed by atoms with Crippen molar-refractivity contribution < 1.29 is 4.74 Å². The summed E-state index contributed by atoms with van der Waals surface area (Å²) in [4.78, 5) is 0. The second-order valence-corrected chi connectivity index (χ2v) is 5.54. The highest BCUT2D eigenvalue weighted by Gasteiger charge is 2.10. The largest absolute Gasteiger partial charge is 0.487 e.